The topological polar surface area (TPSA) is 63.6 Å². The Labute approximate surface area is 89.6 Å². The lowest BCUT2D eigenvalue weighted by Gasteiger charge is -2.10. The fourth-order valence-electron chi connectivity index (χ4n) is 1.01. The van der Waals surface area contributed by atoms with Gasteiger partial charge in [-0.1, -0.05) is 17.7 Å². The lowest BCUT2D eigenvalue weighted by molar-refractivity contribution is 0.135. The van der Waals surface area contributed by atoms with Crippen molar-refractivity contribution in [3.8, 4) is 0 Å². The molecular formula is C10H14O4S. The largest absolute Gasteiger partial charge is 0.394 e. The summed E-state index contributed by atoms with van der Waals surface area (Å²) in [4.78, 5) is 0.105. The predicted octanol–water partition coefficient (Wildman–Crippen LogP) is 1.08. The Kier molecular flexibility index (Phi) is 3.84. The van der Waals surface area contributed by atoms with E-state index in [1.807, 2.05) is 6.92 Å². The Balaban J connectivity index is 2.91. The van der Waals surface area contributed by atoms with E-state index in [0.29, 0.717) is 0 Å². The van der Waals surface area contributed by atoms with Crippen molar-refractivity contribution in [3.63, 3.8) is 0 Å². The predicted molar refractivity (Wildman–Crippen MR) is 56.0 cm³/mol. The normalized spacial score (nSPS) is 13.8. The number of benzene rings is 1. The van der Waals surface area contributed by atoms with Crippen molar-refractivity contribution in [1.82, 2.24) is 0 Å². The van der Waals surface area contributed by atoms with E-state index < -0.39 is 16.2 Å². The summed E-state index contributed by atoms with van der Waals surface area (Å²) in [5, 5.41) is 8.70. The van der Waals surface area contributed by atoms with E-state index in [-0.39, 0.29) is 11.5 Å². The van der Waals surface area contributed by atoms with Gasteiger partial charge in [-0.05, 0) is 26.0 Å². The first kappa shape index (κ1) is 12.2. The fourth-order valence-corrected chi connectivity index (χ4v) is 2.08. The van der Waals surface area contributed by atoms with E-state index >= 15 is 0 Å². The molecule has 0 amide bonds. The lowest BCUT2D eigenvalue weighted by Crippen LogP contribution is -2.18. The molecule has 0 unspecified atom stereocenters. The average molecular weight is 230 g/mol. The summed E-state index contributed by atoms with van der Waals surface area (Å²) in [6.07, 6.45) is -0.726. The maximum absolute atomic E-state index is 11.6. The van der Waals surface area contributed by atoms with Gasteiger partial charge in [0.1, 0.15) is 0 Å². The summed E-state index contributed by atoms with van der Waals surface area (Å²) in [6.45, 7) is 3.03. The van der Waals surface area contributed by atoms with Gasteiger partial charge in [-0.15, -0.1) is 0 Å². The molecule has 0 aliphatic carbocycles. The molecule has 0 aliphatic heterocycles. The highest BCUT2D eigenvalue weighted by atomic mass is 32.2. The fraction of sp³-hybridized carbons (Fsp3) is 0.400. The second-order valence-electron chi connectivity index (χ2n) is 3.36. The quantitative estimate of drug-likeness (QED) is 0.786. The zero-order valence-electron chi connectivity index (χ0n) is 8.67. The highest BCUT2D eigenvalue weighted by Crippen LogP contribution is 2.14. The standard InChI is InChI=1S/C10H14O4S/c1-8-3-5-10(6-4-8)15(12,13)14-9(2)7-11/h3-6,9,11H,7H2,1-2H3/t9-/m1/s1. The van der Waals surface area contributed by atoms with Gasteiger partial charge in [0.15, 0.2) is 0 Å². The van der Waals surface area contributed by atoms with Crippen LogP contribution in [0.2, 0.25) is 0 Å². The molecule has 0 bridgehead atoms. The molecule has 4 nitrogen and oxygen atoms in total. The Hall–Kier alpha value is -0.910. The minimum absolute atomic E-state index is 0.105. The molecule has 0 aliphatic rings. The van der Waals surface area contributed by atoms with Crippen LogP contribution in [0.15, 0.2) is 29.2 Å². The minimum Gasteiger partial charge on any atom is -0.394 e. The summed E-state index contributed by atoms with van der Waals surface area (Å²) in [5.74, 6) is 0. The van der Waals surface area contributed by atoms with Crippen LogP contribution >= 0.6 is 0 Å². The number of rotatable bonds is 4. The Bertz CT molecular complexity index is 408. The van der Waals surface area contributed by atoms with Crippen molar-refractivity contribution in [3.05, 3.63) is 29.8 Å². The molecule has 0 saturated carbocycles. The zero-order chi connectivity index (χ0) is 11.5. The second kappa shape index (κ2) is 4.74. The molecule has 1 rings (SSSR count). The molecule has 0 saturated heterocycles. The van der Waals surface area contributed by atoms with Crippen molar-refractivity contribution >= 4 is 10.1 Å². The van der Waals surface area contributed by atoms with Gasteiger partial charge in [0.2, 0.25) is 0 Å². The molecule has 1 aromatic rings. The third-order valence-corrected chi connectivity index (χ3v) is 3.29. The SMILES string of the molecule is Cc1ccc(S(=O)(=O)O[C@H](C)CO)cc1. The summed E-state index contributed by atoms with van der Waals surface area (Å²) >= 11 is 0. The van der Waals surface area contributed by atoms with E-state index in [0.717, 1.165) is 5.56 Å². The van der Waals surface area contributed by atoms with Gasteiger partial charge >= 0.3 is 0 Å². The second-order valence-corrected chi connectivity index (χ2v) is 4.93. The molecule has 1 N–H and O–H groups in total. The number of hydrogen-bond donors (Lipinski definition) is 1. The van der Waals surface area contributed by atoms with Gasteiger partial charge in [0, 0.05) is 0 Å². The molecule has 0 fully saturated rings. The van der Waals surface area contributed by atoms with Crippen LogP contribution in [0.4, 0.5) is 0 Å². The van der Waals surface area contributed by atoms with Crippen LogP contribution in [0.25, 0.3) is 0 Å². The van der Waals surface area contributed by atoms with Crippen LogP contribution in [0.1, 0.15) is 12.5 Å². The summed E-state index contributed by atoms with van der Waals surface area (Å²) < 4.78 is 27.9. The van der Waals surface area contributed by atoms with Crippen LogP contribution in [0.5, 0.6) is 0 Å². The first-order valence-electron chi connectivity index (χ1n) is 4.56. The van der Waals surface area contributed by atoms with E-state index in [9.17, 15) is 8.42 Å². The molecule has 0 heterocycles. The summed E-state index contributed by atoms with van der Waals surface area (Å²) in [7, 11) is -3.75. The van der Waals surface area contributed by atoms with E-state index in [1.165, 1.54) is 19.1 Å². The van der Waals surface area contributed by atoms with Gasteiger partial charge in [-0.2, -0.15) is 8.42 Å². The van der Waals surface area contributed by atoms with Crippen LogP contribution in [0, 0.1) is 6.92 Å². The van der Waals surface area contributed by atoms with Crippen LogP contribution < -0.4 is 0 Å². The van der Waals surface area contributed by atoms with Crippen molar-refractivity contribution in [2.45, 2.75) is 24.8 Å². The highest BCUT2D eigenvalue weighted by molar-refractivity contribution is 7.86. The average Bonchev–Trinajstić information content (AvgIpc) is 2.17. The summed E-state index contributed by atoms with van der Waals surface area (Å²) in [5.41, 5.74) is 0.976. The third kappa shape index (κ3) is 3.30. The molecule has 15 heavy (non-hydrogen) atoms. The molecule has 0 radical (unpaired) electrons. The van der Waals surface area contributed by atoms with Crippen LogP contribution in [-0.4, -0.2) is 26.2 Å². The van der Waals surface area contributed by atoms with E-state index in [4.69, 9.17) is 9.29 Å². The molecule has 0 spiro atoms. The lowest BCUT2D eigenvalue weighted by atomic mass is 10.2. The monoisotopic (exact) mass is 230 g/mol. The van der Waals surface area contributed by atoms with Gasteiger partial charge in [0.25, 0.3) is 10.1 Å². The van der Waals surface area contributed by atoms with Crippen molar-refractivity contribution in [2.75, 3.05) is 6.61 Å². The Morgan fingerprint density at radius 2 is 1.87 bits per heavy atom. The molecule has 1 aromatic carbocycles. The van der Waals surface area contributed by atoms with E-state index in [2.05, 4.69) is 0 Å². The van der Waals surface area contributed by atoms with Gasteiger partial charge in [-0.3, -0.25) is 4.18 Å². The molecule has 84 valence electrons. The first-order chi connectivity index (χ1) is 6.95. The number of aliphatic hydroxyl groups excluding tert-OH is 1. The highest BCUT2D eigenvalue weighted by Gasteiger charge is 2.17. The zero-order valence-corrected chi connectivity index (χ0v) is 9.49. The number of aryl methyl sites for hydroxylation is 1. The number of hydrogen-bond acceptors (Lipinski definition) is 4. The number of aliphatic hydroxyl groups is 1. The van der Waals surface area contributed by atoms with Gasteiger partial charge < -0.3 is 5.11 Å². The Morgan fingerprint density at radius 1 is 1.33 bits per heavy atom. The van der Waals surface area contributed by atoms with Crippen LogP contribution in [-0.2, 0) is 14.3 Å². The molecular weight excluding hydrogens is 216 g/mol. The smallest absolute Gasteiger partial charge is 0.297 e. The minimum atomic E-state index is -3.75. The molecule has 1 atom stereocenters. The summed E-state index contributed by atoms with van der Waals surface area (Å²) in [6, 6.07) is 6.35. The van der Waals surface area contributed by atoms with Crippen molar-refractivity contribution < 1.29 is 17.7 Å². The van der Waals surface area contributed by atoms with Crippen molar-refractivity contribution in [2.24, 2.45) is 0 Å². The van der Waals surface area contributed by atoms with Gasteiger partial charge in [0.05, 0.1) is 17.6 Å². The molecule has 5 heteroatoms. The maximum atomic E-state index is 11.6. The van der Waals surface area contributed by atoms with Crippen molar-refractivity contribution in [1.29, 1.82) is 0 Å². The third-order valence-electron chi connectivity index (χ3n) is 1.86. The first-order valence-corrected chi connectivity index (χ1v) is 5.97. The van der Waals surface area contributed by atoms with E-state index in [1.54, 1.807) is 12.1 Å². The maximum Gasteiger partial charge on any atom is 0.297 e. The Morgan fingerprint density at radius 3 is 2.33 bits per heavy atom. The van der Waals surface area contributed by atoms with Crippen LogP contribution in [0.3, 0.4) is 0 Å². The molecule has 0 aromatic heterocycles. The van der Waals surface area contributed by atoms with Gasteiger partial charge in [-0.25, -0.2) is 0 Å².